The summed E-state index contributed by atoms with van der Waals surface area (Å²) < 4.78 is 4.63. The minimum absolute atomic E-state index is 0.0278. The molecule has 1 unspecified atom stereocenters. The summed E-state index contributed by atoms with van der Waals surface area (Å²) in [6.45, 7) is 2.81. The molecule has 7 nitrogen and oxygen atoms in total. The molecule has 1 atom stereocenters. The van der Waals surface area contributed by atoms with E-state index < -0.39 is 5.41 Å². The number of carbonyl (C=O) groups excluding carboxylic acids is 1. The molecular formula is C15H24N2O5. The van der Waals surface area contributed by atoms with E-state index >= 15 is 0 Å². The van der Waals surface area contributed by atoms with Crippen LogP contribution < -0.4 is 10.4 Å². The summed E-state index contributed by atoms with van der Waals surface area (Å²) in [5.74, 6) is -0.131. The molecule has 2 rings (SSSR count). The SMILES string of the molecule is CC1(CO)CN(c2ccccc2)NC1=O.OCCOCCO. The van der Waals surface area contributed by atoms with Crippen LogP contribution in [-0.4, -0.2) is 60.8 Å². The minimum atomic E-state index is -0.699. The molecule has 0 radical (unpaired) electrons. The van der Waals surface area contributed by atoms with E-state index in [1.54, 1.807) is 11.9 Å². The third-order valence-corrected chi connectivity index (χ3v) is 3.18. The average Bonchev–Trinajstić information content (AvgIpc) is 2.86. The van der Waals surface area contributed by atoms with Crippen molar-refractivity contribution in [1.29, 1.82) is 0 Å². The van der Waals surface area contributed by atoms with E-state index in [1.165, 1.54) is 0 Å². The number of aliphatic hydroxyl groups is 3. The minimum Gasteiger partial charge on any atom is -0.395 e. The average molecular weight is 312 g/mol. The molecule has 0 aromatic heterocycles. The van der Waals surface area contributed by atoms with Crippen molar-refractivity contribution >= 4 is 11.6 Å². The van der Waals surface area contributed by atoms with E-state index in [4.69, 9.17) is 10.2 Å². The number of benzene rings is 1. The third kappa shape index (κ3) is 5.27. The van der Waals surface area contributed by atoms with Gasteiger partial charge in [0.15, 0.2) is 0 Å². The number of hydrazine groups is 1. The number of nitrogens with zero attached hydrogens (tertiary/aromatic N) is 1. The monoisotopic (exact) mass is 312 g/mol. The standard InChI is InChI=1S/C11H14N2O2.C4H10O3/c1-11(8-14)7-13(12-10(11)15)9-5-3-2-4-6-9;5-1-3-7-4-2-6/h2-6,14H,7-8H2,1H3,(H,12,15);5-6H,1-4H2. The molecule has 1 saturated heterocycles. The van der Waals surface area contributed by atoms with Gasteiger partial charge >= 0.3 is 0 Å². The van der Waals surface area contributed by atoms with Gasteiger partial charge in [-0.1, -0.05) is 18.2 Å². The van der Waals surface area contributed by atoms with Gasteiger partial charge in [-0.2, -0.15) is 0 Å². The van der Waals surface area contributed by atoms with Crippen LogP contribution in [0, 0.1) is 5.41 Å². The van der Waals surface area contributed by atoms with Crippen molar-refractivity contribution in [2.75, 3.05) is 44.6 Å². The van der Waals surface area contributed by atoms with Crippen LogP contribution in [0.15, 0.2) is 30.3 Å². The first kappa shape index (κ1) is 18.4. The Labute approximate surface area is 130 Å². The Hall–Kier alpha value is -1.67. The number of hydrogen-bond donors (Lipinski definition) is 4. The number of ether oxygens (including phenoxy) is 1. The van der Waals surface area contributed by atoms with Gasteiger partial charge in [-0.3, -0.25) is 15.2 Å². The molecule has 1 aliphatic heterocycles. The molecule has 22 heavy (non-hydrogen) atoms. The van der Waals surface area contributed by atoms with E-state index in [0.29, 0.717) is 19.8 Å². The highest BCUT2D eigenvalue weighted by Crippen LogP contribution is 2.26. The molecule has 0 aliphatic carbocycles. The Morgan fingerprint density at radius 1 is 1.18 bits per heavy atom. The molecule has 1 amide bonds. The normalized spacial score (nSPS) is 20.4. The van der Waals surface area contributed by atoms with Crippen molar-refractivity contribution in [3.63, 3.8) is 0 Å². The first-order valence-electron chi connectivity index (χ1n) is 7.11. The largest absolute Gasteiger partial charge is 0.395 e. The predicted molar refractivity (Wildman–Crippen MR) is 82.1 cm³/mol. The van der Waals surface area contributed by atoms with Crippen LogP contribution in [0.2, 0.25) is 0 Å². The van der Waals surface area contributed by atoms with Crippen molar-refractivity contribution in [3.8, 4) is 0 Å². The number of nitrogens with one attached hydrogen (secondary N) is 1. The molecule has 0 saturated carbocycles. The van der Waals surface area contributed by atoms with Crippen LogP contribution in [0.25, 0.3) is 0 Å². The Balaban J connectivity index is 0.000000295. The summed E-state index contributed by atoms with van der Waals surface area (Å²) in [7, 11) is 0. The molecule has 1 heterocycles. The van der Waals surface area contributed by atoms with E-state index in [0.717, 1.165) is 5.69 Å². The number of carbonyl (C=O) groups is 1. The van der Waals surface area contributed by atoms with Crippen molar-refractivity contribution in [3.05, 3.63) is 30.3 Å². The summed E-state index contributed by atoms with van der Waals surface area (Å²) in [6.07, 6.45) is 0. The summed E-state index contributed by atoms with van der Waals surface area (Å²) in [4.78, 5) is 11.6. The molecule has 0 bridgehead atoms. The summed E-state index contributed by atoms with van der Waals surface area (Å²) in [6, 6.07) is 9.59. The zero-order valence-corrected chi connectivity index (χ0v) is 12.7. The fourth-order valence-electron chi connectivity index (χ4n) is 1.83. The maximum absolute atomic E-state index is 11.6. The number of anilines is 1. The Morgan fingerprint density at radius 2 is 1.77 bits per heavy atom. The first-order valence-corrected chi connectivity index (χ1v) is 7.11. The number of aliphatic hydroxyl groups excluding tert-OH is 3. The van der Waals surface area contributed by atoms with Gasteiger partial charge in [0.05, 0.1) is 50.7 Å². The van der Waals surface area contributed by atoms with Crippen molar-refractivity contribution in [1.82, 2.24) is 5.43 Å². The van der Waals surface area contributed by atoms with Gasteiger partial charge < -0.3 is 20.1 Å². The van der Waals surface area contributed by atoms with E-state index in [9.17, 15) is 9.90 Å². The number of hydrogen-bond acceptors (Lipinski definition) is 6. The zero-order chi connectivity index (χ0) is 16.4. The van der Waals surface area contributed by atoms with Crippen molar-refractivity contribution in [2.24, 2.45) is 5.41 Å². The molecule has 1 fully saturated rings. The van der Waals surface area contributed by atoms with Crippen molar-refractivity contribution < 1.29 is 24.9 Å². The fourth-order valence-corrected chi connectivity index (χ4v) is 1.83. The molecule has 0 spiro atoms. The first-order chi connectivity index (χ1) is 10.6. The summed E-state index contributed by atoms with van der Waals surface area (Å²) in [5, 5.41) is 27.1. The molecule has 7 heteroatoms. The Morgan fingerprint density at radius 3 is 2.23 bits per heavy atom. The highest BCUT2D eigenvalue weighted by Gasteiger charge is 2.41. The Kier molecular flexibility index (Phi) is 7.83. The summed E-state index contributed by atoms with van der Waals surface area (Å²) >= 11 is 0. The molecule has 4 N–H and O–H groups in total. The number of para-hydroxylation sites is 1. The van der Waals surface area contributed by atoms with Crippen LogP contribution >= 0.6 is 0 Å². The quantitative estimate of drug-likeness (QED) is 0.529. The highest BCUT2D eigenvalue weighted by molar-refractivity contribution is 5.87. The van der Waals surface area contributed by atoms with E-state index in [-0.39, 0.29) is 25.7 Å². The zero-order valence-electron chi connectivity index (χ0n) is 12.7. The second kappa shape index (κ2) is 9.37. The molecule has 124 valence electrons. The van der Waals surface area contributed by atoms with Crippen LogP contribution in [0.4, 0.5) is 5.69 Å². The Bertz CT molecular complexity index is 439. The van der Waals surface area contributed by atoms with Crippen LogP contribution in [0.5, 0.6) is 0 Å². The second-order valence-corrected chi connectivity index (χ2v) is 5.14. The molecule has 1 aliphatic rings. The maximum Gasteiger partial charge on any atom is 0.248 e. The van der Waals surface area contributed by atoms with Gasteiger partial charge in [0, 0.05) is 0 Å². The van der Waals surface area contributed by atoms with Crippen LogP contribution in [0.3, 0.4) is 0 Å². The van der Waals surface area contributed by atoms with Gasteiger partial charge in [0.2, 0.25) is 5.91 Å². The lowest BCUT2D eigenvalue weighted by atomic mass is 9.92. The lowest BCUT2D eigenvalue weighted by Crippen LogP contribution is -2.34. The van der Waals surface area contributed by atoms with E-state index in [1.807, 2.05) is 30.3 Å². The number of amides is 1. The van der Waals surface area contributed by atoms with Crippen molar-refractivity contribution in [2.45, 2.75) is 6.92 Å². The third-order valence-electron chi connectivity index (χ3n) is 3.18. The molecule has 1 aromatic carbocycles. The fraction of sp³-hybridized carbons (Fsp3) is 0.533. The predicted octanol–water partition coefficient (Wildman–Crippen LogP) is -0.476. The van der Waals surface area contributed by atoms with Gasteiger partial charge in [-0.05, 0) is 19.1 Å². The summed E-state index contributed by atoms with van der Waals surface area (Å²) in [5.41, 5.74) is 2.98. The molecule has 1 aromatic rings. The lowest BCUT2D eigenvalue weighted by molar-refractivity contribution is -0.128. The number of rotatable bonds is 6. The van der Waals surface area contributed by atoms with Gasteiger partial charge in [0.25, 0.3) is 0 Å². The van der Waals surface area contributed by atoms with Gasteiger partial charge in [-0.15, -0.1) is 0 Å². The van der Waals surface area contributed by atoms with Crippen LogP contribution in [0.1, 0.15) is 6.92 Å². The lowest BCUT2D eigenvalue weighted by Gasteiger charge is -2.19. The van der Waals surface area contributed by atoms with Gasteiger partial charge in [0.1, 0.15) is 0 Å². The second-order valence-electron chi connectivity index (χ2n) is 5.14. The van der Waals surface area contributed by atoms with Crippen LogP contribution in [-0.2, 0) is 9.53 Å². The topological polar surface area (TPSA) is 102 Å². The van der Waals surface area contributed by atoms with Gasteiger partial charge in [-0.25, -0.2) is 0 Å². The molecular weight excluding hydrogens is 288 g/mol. The smallest absolute Gasteiger partial charge is 0.248 e. The maximum atomic E-state index is 11.6. The highest BCUT2D eigenvalue weighted by atomic mass is 16.5. The van der Waals surface area contributed by atoms with E-state index in [2.05, 4.69) is 10.2 Å².